The zero-order chi connectivity index (χ0) is 23.0. The summed E-state index contributed by atoms with van der Waals surface area (Å²) >= 11 is 6.23. The largest absolute Gasteiger partial charge is 0.427 e. The van der Waals surface area contributed by atoms with Gasteiger partial charge in [0.05, 0.1) is 17.1 Å². The van der Waals surface area contributed by atoms with E-state index in [4.69, 9.17) is 21.1 Å². The number of hydrogen-bond donors (Lipinski definition) is 1. The van der Waals surface area contributed by atoms with Crippen molar-refractivity contribution in [3.05, 3.63) is 39.6 Å². The number of ether oxygens (including phenoxy) is 2. The Morgan fingerprint density at radius 3 is 2.48 bits per heavy atom. The zero-order valence-corrected chi connectivity index (χ0v) is 20.2. The van der Waals surface area contributed by atoms with Crippen molar-refractivity contribution < 1.29 is 19.1 Å². The van der Waals surface area contributed by atoms with Gasteiger partial charge in [-0.05, 0) is 82.7 Å². The van der Waals surface area contributed by atoms with Crippen molar-refractivity contribution in [3.8, 4) is 0 Å². The molecule has 0 saturated heterocycles. The minimum atomic E-state index is -0.720. The number of rotatable bonds is 6. The van der Waals surface area contributed by atoms with Crippen LogP contribution >= 0.6 is 11.6 Å². The summed E-state index contributed by atoms with van der Waals surface area (Å²) in [7, 11) is 0. The van der Waals surface area contributed by atoms with Crippen LogP contribution in [0.3, 0.4) is 0 Å². The third-order valence-electron chi connectivity index (χ3n) is 6.12. The molecule has 0 bridgehead atoms. The lowest BCUT2D eigenvalue weighted by Crippen LogP contribution is -2.44. The van der Waals surface area contributed by atoms with Gasteiger partial charge in [0.1, 0.15) is 11.3 Å². The minimum Gasteiger partial charge on any atom is -0.427 e. The predicted octanol–water partition coefficient (Wildman–Crippen LogP) is 5.50. The van der Waals surface area contributed by atoms with Gasteiger partial charge >= 0.3 is 5.97 Å². The van der Waals surface area contributed by atoms with Gasteiger partial charge in [0.2, 0.25) is 0 Å². The van der Waals surface area contributed by atoms with Gasteiger partial charge in [-0.3, -0.25) is 9.59 Å². The summed E-state index contributed by atoms with van der Waals surface area (Å²) in [4.78, 5) is 26.2. The molecule has 1 saturated carbocycles. The SMILES string of the molecule is CCCCOC1CCC2(C1)NC(=O)C(c1c(C)cc(Cl)cc1C)=C2OC(=O)C(C)(C)C. The van der Waals surface area contributed by atoms with E-state index in [2.05, 4.69) is 12.2 Å². The molecule has 3 rings (SSSR count). The highest BCUT2D eigenvalue weighted by molar-refractivity contribution is 6.31. The summed E-state index contributed by atoms with van der Waals surface area (Å²) in [5.74, 6) is -0.123. The molecule has 2 unspecified atom stereocenters. The Morgan fingerprint density at radius 1 is 1.26 bits per heavy atom. The van der Waals surface area contributed by atoms with Gasteiger partial charge < -0.3 is 14.8 Å². The van der Waals surface area contributed by atoms with Crippen LogP contribution in [0.15, 0.2) is 17.9 Å². The van der Waals surface area contributed by atoms with Crippen LogP contribution in [0.5, 0.6) is 0 Å². The molecule has 170 valence electrons. The standard InChI is InChI=1S/C25H34ClNO4/c1-7-8-11-30-18-9-10-25(14-18)21(31-23(29)24(4,5)6)20(22(28)27-25)19-15(2)12-17(26)13-16(19)3/h12-13,18H,7-11,14H2,1-6H3,(H,27,28). The lowest BCUT2D eigenvalue weighted by atomic mass is 9.90. The highest BCUT2D eigenvalue weighted by atomic mass is 35.5. The van der Waals surface area contributed by atoms with E-state index in [1.807, 2.05) is 46.8 Å². The second kappa shape index (κ2) is 8.95. The first kappa shape index (κ1) is 23.8. The molecule has 1 spiro atoms. The van der Waals surface area contributed by atoms with E-state index in [0.717, 1.165) is 36.0 Å². The van der Waals surface area contributed by atoms with Gasteiger partial charge in [-0.1, -0.05) is 24.9 Å². The predicted molar refractivity (Wildman–Crippen MR) is 123 cm³/mol. The maximum Gasteiger partial charge on any atom is 0.316 e. The summed E-state index contributed by atoms with van der Waals surface area (Å²) in [6.07, 6.45) is 4.20. The highest BCUT2D eigenvalue weighted by Gasteiger charge is 2.53. The van der Waals surface area contributed by atoms with E-state index in [1.54, 1.807) is 0 Å². The second-order valence-corrected chi connectivity index (χ2v) is 10.3. The molecule has 1 fully saturated rings. The van der Waals surface area contributed by atoms with Crippen LogP contribution in [0.2, 0.25) is 5.02 Å². The van der Waals surface area contributed by atoms with Gasteiger partial charge in [0.15, 0.2) is 0 Å². The topological polar surface area (TPSA) is 64.6 Å². The van der Waals surface area contributed by atoms with Gasteiger partial charge in [-0.2, -0.15) is 0 Å². The molecule has 1 amide bonds. The lowest BCUT2D eigenvalue weighted by Gasteiger charge is -2.29. The molecule has 0 aromatic heterocycles. The fraction of sp³-hybridized carbons (Fsp3) is 0.600. The van der Waals surface area contributed by atoms with Crippen LogP contribution in [0.1, 0.15) is 76.5 Å². The maximum absolute atomic E-state index is 13.3. The normalized spacial score (nSPS) is 23.6. The lowest BCUT2D eigenvalue weighted by molar-refractivity contribution is -0.149. The number of hydrogen-bond acceptors (Lipinski definition) is 4. The first-order valence-corrected chi connectivity index (χ1v) is 11.5. The summed E-state index contributed by atoms with van der Waals surface area (Å²) in [5, 5.41) is 3.79. The number of nitrogens with one attached hydrogen (secondary N) is 1. The highest BCUT2D eigenvalue weighted by Crippen LogP contribution is 2.47. The summed E-state index contributed by atoms with van der Waals surface area (Å²) in [6, 6.07) is 3.67. The second-order valence-electron chi connectivity index (χ2n) is 9.88. The van der Waals surface area contributed by atoms with Crippen LogP contribution in [-0.2, 0) is 19.1 Å². The Bertz CT molecular complexity index is 892. The van der Waals surface area contributed by atoms with Gasteiger partial charge in [0.25, 0.3) is 5.91 Å². The summed E-state index contributed by atoms with van der Waals surface area (Å²) in [5.41, 5.74) is 1.58. The van der Waals surface area contributed by atoms with Crippen LogP contribution in [-0.4, -0.2) is 30.1 Å². The molecule has 5 nitrogen and oxygen atoms in total. The van der Waals surface area contributed by atoms with Crippen molar-refractivity contribution in [1.82, 2.24) is 5.32 Å². The molecule has 6 heteroatoms. The van der Waals surface area contributed by atoms with Crippen LogP contribution < -0.4 is 5.32 Å². The van der Waals surface area contributed by atoms with Crippen molar-refractivity contribution in [1.29, 1.82) is 0 Å². The molecule has 1 aromatic carbocycles. The molecule has 1 N–H and O–H groups in total. The minimum absolute atomic E-state index is 0.0296. The van der Waals surface area contributed by atoms with Crippen molar-refractivity contribution in [2.75, 3.05) is 6.61 Å². The molecular weight excluding hydrogens is 414 g/mol. The number of unbranched alkanes of at least 4 members (excludes halogenated alkanes) is 1. The number of aryl methyl sites for hydroxylation is 2. The fourth-order valence-corrected chi connectivity index (χ4v) is 4.79. The molecule has 1 aromatic rings. The smallest absolute Gasteiger partial charge is 0.316 e. The Balaban J connectivity index is 2.07. The molecule has 1 aliphatic heterocycles. The van der Waals surface area contributed by atoms with Gasteiger partial charge in [0, 0.05) is 18.1 Å². The molecule has 2 aliphatic rings. The third-order valence-corrected chi connectivity index (χ3v) is 6.34. The molecular formula is C25H34ClNO4. The van der Waals surface area contributed by atoms with Gasteiger partial charge in [-0.25, -0.2) is 0 Å². The first-order valence-electron chi connectivity index (χ1n) is 11.2. The van der Waals surface area contributed by atoms with Crippen molar-refractivity contribution in [2.45, 2.75) is 85.3 Å². The Hall–Kier alpha value is -1.85. The van der Waals surface area contributed by atoms with E-state index in [-0.39, 0.29) is 18.0 Å². The number of amides is 1. The van der Waals surface area contributed by atoms with E-state index in [1.165, 1.54) is 0 Å². The van der Waals surface area contributed by atoms with E-state index in [0.29, 0.717) is 35.8 Å². The average molecular weight is 448 g/mol. The van der Waals surface area contributed by atoms with Crippen LogP contribution in [0.4, 0.5) is 0 Å². The number of esters is 1. The summed E-state index contributed by atoms with van der Waals surface area (Å²) in [6.45, 7) is 12.1. The quantitative estimate of drug-likeness (QED) is 0.462. The van der Waals surface area contributed by atoms with Crippen molar-refractivity contribution >= 4 is 29.1 Å². The van der Waals surface area contributed by atoms with E-state index >= 15 is 0 Å². The van der Waals surface area contributed by atoms with Crippen LogP contribution in [0, 0.1) is 19.3 Å². The van der Waals surface area contributed by atoms with Crippen molar-refractivity contribution in [2.24, 2.45) is 5.41 Å². The Kier molecular flexibility index (Phi) is 6.87. The maximum atomic E-state index is 13.3. The Labute approximate surface area is 190 Å². The fourth-order valence-electron chi connectivity index (χ4n) is 4.46. The third kappa shape index (κ3) is 4.83. The first-order chi connectivity index (χ1) is 14.5. The summed E-state index contributed by atoms with van der Waals surface area (Å²) < 4.78 is 12.1. The zero-order valence-electron chi connectivity index (χ0n) is 19.5. The monoisotopic (exact) mass is 447 g/mol. The molecule has 0 radical (unpaired) electrons. The number of halogens is 1. The van der Waals surface area contributed by atoms with Crippen LogP contribution in [0.25, 0.3) is 5.57 Å². The molecule has 1 aliphatic carbocycles. The molecule has 1 heterocycles. The average Bonchev–Trinajstić information content (AvgIpc) is 3.16. The van der Waals surface area contributed by atoms with Crippen molar-refractivity contribution in [3.63, 3.8) is 0 Å². The van der Waals surface area contributed by atoms with E-state index < -0.39 is 11.0 Å². The Morgan fingerprint density at radius 2 is 1.90 bits per heavy atom. The number of carbonyl (C=O) groups is 2. The van der Waals surface area contributed by atoms with E-state index in [9.17, 15) is 9.59 Å². The number of carbonyl (C=O) groups excluding carboxylic acids is 2. The molecule has 31 heavy (non-hydrogen) atoms. The number of benzene rings is 1. The molecule has 2 atom stereocenters. The van der Waals surface area contributed by atoms with Gasteiger partial charge in [-0.15, -0.1) is 0 Å².